The Labute approximate surface area is 111 Å². The molecule has 7 nitrogen and oxygen atoms in total. The van der Waals surface area contributed by atoms with Crippen LogP contribution in [0.25, 0.3) is 0 Å². The first-order chi connectivity index (χ1) is 9.15. The smallest absolute Gasteiger partial charge is 0.342 e. The SMILES string of the molecule is CC(CNc1n[nH]c(=O)[nH]c1=O)CN1CCCCC1. The molecule has 1 unspecified atom stereocenters. The number of aromatic nitrogens is 3. The Morgan fingerprint density at radius 1 is 1.32 bits per heavy atom. The highest BCUT2D eigenvalue weighted by molar-refractivity contribution is 5.28. The summed E-state index contributed by atoms with van der Waals surface area (Å²) < 4.78 is 0. The van der Waals surface area contributed by atoms with E-state index in [0.29, 0.717) is 12.5 Å². The third-order valence-electron chi connectivity index (χ3n) is 3.35. The minimum absolute atomic E-state index is 0.171. The van der Waals surface area contributed by atoms with Crippen molar-refractivity contribution < 1.29 is 0 Å². The van der Waals surface area contributed by atoms with E-state index in [2.05, 4.69) is 32.3 Å². The Morgan fingerprint density at radius 2 is 2.05 bits per heavy atom. The summed E-state index contributed by atoms with van der Waals surface area (Å²) in [5.41, 5.74) is -1.06. The zero-order valence-electron chi connectivity index (χ0n) is 11.2. The van der Waals surface area contributed by atoms with Gasteiger partial charge in [-0.3, -0.25) is 9.78 Å². The van der Waals surface area contributed by atoms with Gasteiger partial charge in [-0.2, -0.15) is 0 Å². The normalized spacial score (nSPS) is 18.2. The van der Waals surface area contributed by atoms with Crippen molar-refractivity contribution in [2.45, 2.75) is 26.2 Å². The van der Waals surface area contributed by atoms with Crippen LogP contribution in [-0.2, 0) is 0 Å². The largest absolute Gasteiger partial charge is 0.364 e. The van der Waals surface area contributed by atoms with Crippen molar-refractivity contribution in [3.63, 3.8) is 0 Å². The molecular weight excluding hydrogens is 246 g/mol. The number of hydrogen-bond acceptors (Lipinski definition) is 5. The van der Waals surface area contributed by atoms with E-state index in [1.54, 1.807) is 0 Å². The molecule has 19 heavy (non-hydrogen) atoms. The molecule has 1 fully saturated rings. The molecule has 1 atom stereocenters. The van der Waals surface area contributed by atoms with Gasteiger partial charge in [-0.1, -0.05) is 13.3 Å². The van der Waals surface area contributed by atoms with Crippen LogP contribution in [0.2, 0.25) is 0 Å². The van der Waals surface area contributed by atoms with Gasteiger partial charge in [-0.05, 0) is 31.8 Å². The van der Waals surface area contributed by atoms with Crippen molar-refractivity contribution >= 4 is 5.82 Å². The van der Waals surface area contributed by atoms with E-state index in [1.165, 1.54) is 32.4 Å². The number of anilines is 1. The molecule has 0 amide bonds. The highest BCUT2D eigenvalue weighted by atomic mass is 16.2. The van der Waals surface area contributed by atoms with Crippen molar-refractivity contribution in [2.24, 2.45) is 5.92 Å². The van der Waals surface area contributed by atoms with E-state index in [4.69, 9.17) is 0 Å². The van der Waals surface area contributed by atoms with Gasteiger partial charge >= 0.3 is 5.69 Å². The van der Waals surface area contributed by atoms with Crippen LogP contribution in [0.5, 0.6) is 0 Å². The Hall–Kier alpha value is -1.63. The van der Waals surface area contributed by atoms with Crippen LogP contribution in [0.15, 0.2) is 9.59 Å². The van der Waals surface area contributed by atoms with Crippen molar-refractivity contribution in [3.8, 4) is 0 Å². The molecular formula is C12H21N5O2. The molecule has 7 heteroatoms. The van der Waals surface area contributed by atoms with Gasteiger partial charge in [0.25, 0.3) is 5.56 Å². The summed E-state index contributed by atoms with van der Waals surface area (Å²) in [5, 5.41) is 8.88. The second-order valence-electron chi connectivity index (χ2n) is 5.20. The second kappa shape index (κ2) is 6.51. The molecule has 3 N–H and O–H groups in total. The predicted molar refractivity (Wildman–Crippen MR) is 73.4 cm³/mol. The van der Waals surface area contributed by atoms with Crippen LogP contribution in [0.4, 0.5) is 5.82 Å². The summed E-state index contributed by atoms with van der Waals surface area (Å²) in [6.07, 6.45) is 3.89. The summed E-state index contributed by atoms with van der Waals surface area (Å²) >= 11 is 0. The van der Waals surface area contributed by atoms with Crippen molar-refractivity contribution in [2.75, 3.05) is 31.5 Å². The maximum absolute atomic E-state index is 11.4. The van der Waals surface area contributed by atoms with Crippen LogP contribution in [0.1, 0.15) is 26.2 Å². The number of likely N-dealkylation sites (tertiary alicyclic amines) is 1. The fraction of sp³-hybridized carbons (Fsp3) is 0.750. The molecule has 1 saturated heterocycles. The van der Waals surface area contributed by atoms with Crippen molar-refractivity contribution in [1.82, 2.24) is 20.1 Å². The molecule has 1 aliphatic rings. The van der Waals surface area contributed by atoms with E-state index >= 15 is 0 Å². The first-order valence-electron chi connectivity index (χ1n) is 6.80. The lowest BCUT2D eigenvalue weighted by Gasteiger charge is -2.29. The van der Waals surface area contributed by atoms with Crippen molar-refractivity contribution in [1.29, 1.82) is 0 Å². The second-order valence-corrected chi connectivity index (χ2v) is 5.20. The number of nitrogens with zero attached hydrogens (tertiary/aromatic N) is 2. The van der Waals surface area contributed by atoms with Gasteiger partial charge in [0.05, 0.1) is 0 Å². The fourth-order valence-electron chi connectivity index (χ4n) is 2.39. The zero-order valence-corrected chi connectivity index (χ0v) is 11.2. The Balaban J connectivity index is 1.80. The quantitative estimate of drug-likeness (QED) is 0.697. The molecule has 0 radical (unpaired) electrons. The van der Waals surface area contributed by atoms with E-state index < -0.39 is 11.2 Å². The molecule has 0 aromatic carbocycles. The Bertz CT molecular complexity index is 503. The van der Waals surface area contributed by atoms with E-state index in [9.17, 15) is 9.59 Å². The number of H-pyrrole nitrogens is 2. The predicted octanol–water partition coefficient (Wildman–Crippen LogP) is -0.00790. The highest BCUT2D eigenvalue weighted by Crippen LogP contribution is 2.10. The highest BCUT2D eigenvalue weighted by Gasteiger charge is 2.13. The molecule has 1 aliphatic heterocycles. The monoisotopic (exact) mass is 267 g/mol. The third kappa shape index (κ3) is 4.20. The molecule has 2 rings (SSSR count). The third-order valence-corrected chi connectivity index (χ3v) is 3.35. The molecule has 2 heterocycles. The van der Waals surface area contributed by atoms with Gasteiger partial charge < -0.3 is 10.2 Å². The molecule has 1 aromatic heterocycles. The Kier molecular flexibility index (Phi) is 4.73. The van der Waals surface area contributed by atoms with E-state index in [-0.39, 0.29) is 5.82 Å². The van der Waals surface area contributed by atoms with Crippen molar-refractivity contribution in [3.05, 3.63) is 20.8 Å². The van der Waals surface area contributed by atoms with Gasteiger partial charge in [0.2, 0.25) is 5.82 Å². The number of nitrogens with one attached hydrogen (secondary N) is 3. The van der Waals surface area contributed by atoms with Crippen LogP contribution in [0, 0.1) is 5.92 Å². The number of aromatic amines is 2. The van der Waals surface area contributed by atoms with Gasteiger partial charge in [-0.25, -0.2) is 9.89 Å². The van der Waals surface area contributed by atoms with Gasteiger partial charge in [0.1, 0.15) is 0 Å². The minimum Gasteiger partial charge on any atom is -0.364 e. The zero-order chi connectivity index (χ0) is 13.7. The Morgan fingerprint density at radius 3 is 2.74 bits per heavy atom. The summed E-state index contributed by atoms with van der Waals surface area (Å²) in [6, 6.07) is 0. The van der Waals surface area contributed by atoms with Crippen LogP contribution < -0.4 is 16.6 Å². The lowest BCUT2D eigenvalue weighted by molar-refractivity contribution is 0.204. The summed E-state index contributed by atoms with van der Waals surface area (Å²) in [5.74, 6) is 0.594. The van der Waals surface area contributed by atoms with Gasteiger partial charge in [-0.15, -0.1) is 5.10 Å². The van der Waals surface area contributed by atoms with E-state index in [0.717, 1.165) is 6.54 Å². The lowest BCUT2D eigenvalue weighted by atomic mass is 10.1. The van der Waals surface area contributed by atoms with Gasteiger partial charge in [0, 0.05) is 13.1 Å². The molecule has 106 valence electrons. The lowest BCUT2D eigenvalue weighted by Crippen LogP contribution is -2.36. The fourth-order valence-corrected chi connectivity index (χ4v) is 2.39. The average molecular weight is 267 g/mol. The molecule has 0 bridgehead atoms. The maximum atomic E-state index is 11.4. The summed E-state index contributed by atoms with van der Waals surface area (Å²) in [4.78, 5) is 26.9. The first-order valence-corrected chi connectivity index (χ1v) is 6.80. The van der Waals surface area contributed by atoms with Gasteiger partial charge in [0.15, 0.2) is 0 Å². The molecule has 0 spiro atoms. The molecule has 1 aromatic rings. The topological polar surface area (TPSA) is 93.9 Å². The first kappa shape index (κ1) is 13.8. The molecule has 0 saturated carbocycles. The van der Waals surface area contributed by atoms with Crippen LogP contribution >= 0.6 is 0 Å². The molecule has 0 aliphatic carbocycles. The minimum atomic E-state index is -0.586. The maximum Gasteiger partial charge on any atom is 0.342 e. The summed E-state index contributed by atoms with van der Waals surface area (Å²) in [7, 11) is 0. The number of rotatable bonds is 5. The number of hydrogen-bond donors (Lipinski definition) is 3. The van der Waals surface area contributed by atoms with Crippen LogP contribution in [0.3, 0.4) is 0 Å². The number of piperidine rings is 1. The van der Waals surface area contributed by atoms with Crippen LogP contribution in [-0.4, -0.2) is 46.3 Å². The average Bonchev–Trinajstić information content (AvgIpc) is 2.39. The standard InChI is InChI=1S/C12H21N5O2/c1-9(8-17-5-3-2-4-6-17)7-13-10-11(18)14-12(19)16-15-10/h9H,2-8H2,1H3,(H,13,15)(H2,14,16,18,19). The summed E-state index contributed by atoms with van der Waals surface area (Å²) in [6.45, 7) is 6.16. The van der Waals surface area contributed by atoms with E-state index in [1.807, 2.05) is 0 Å².